The molecule has 0 aliphatic rings. The lowest BCUT2D eigenvalue weighted by Crippen LogP contribution is -2.32. The quantitative estimate of drug-likeness (QED) is 0.831. The van der Waals surface area contributed by atoms with Crippen LogP contribution in [0.25, 0.3) is 0 Å². The lowest BCUT2D eigenvalue weighted by atomic mass is 10.2. The van der Waals surface area contributed by atoms with Crippen LogP contribution in [0.4, 0.5) is 0 Å². The molecule has 0 saturated heterocycles. The van der Waals surface area contributed by atoms with E-state index < -0.39 is 0 Å². The number of nitrogens with zero attached hydrogens (tertiary/aromatic N) is 2. The van der Waals surface area contributed by atoms with Gasteiger partial charge in [-0.05, 0) is 43.0 Å². The van der Waals surface area contributed by atoms with Gasteiger partial charge in [0, 0.05) is 24.3 Å². The number of carbonyl (C=O) groups excluding carboxylic acids is 1. The van der Waals surface area contributed by atoms with Crippen LogP contribution in [0.5, 0.6) is 0 Å². The van der Waals surface area contributed by atoms with Crippen LogP contribution >= 0.6 is 11.3 Å². The maximum absolute atomic E-state index is 12.3. The van der Waals surface area contributed by atoms with Crippen LogP contribution in [0.3, 0.4) is 0 Å². The van der Waals surface area contributed by atoms with E-state index in [9.17, 15) is 4.79 Å². The van der Waals surface area contributed by atoms with Crippen LogP contribution < -0.4 is 0 Å². The molecule has 3 nitrogen and oxygen atoms in total. The van der Waals surface area contributed by atoms with Crippen LogP contribution in [-0.2, 0) is 11.3 Å². The molecule has 0 radical (unpaired) electrons. The van der Waals surface area contributed by atoms with Gasteiger partial charge in [0.05, 0.1) is 6.54 Å². The molecule has 0 aromatic carbocycles. The molecule has 2 rings (SSSR count). The number of amides is 1. The molecular formula is C14H18N2OS. The van der Waals surface area contributed by atoms with E-state index in [2.05, 4.69) is 18.4 Å². The molecule has 18 heavy (non-hydrogen) atoms. The van der Waals surface area contributed by atoms with Crippen molar-refractivity contribution in [3.8, 4) is 0 Å². The van der Waals surface area contributed by atoms with Crippen molar-refractivity contribution in [1.29, 1.82) is 0 Å². The van der Waals surface area contributed by atoms with Gasteiger partial charge in [-0.25, -0.2) is 0 Å². The minimum Gasteiger partial charge on any atom is -0.342 e. The van der Waals surface area contributed by atoms with Crippen LogP contribution in [0.15, 0.2) is 36.0 Å². The smallest absolute Gasteiger partial charge is 0.245 e. The van der Waals surface area contributed by atoms with Crippen LogP contribution in [-0.4, -0.2) is 22.4 Å². The van der Waals surface area contributed by atoms with Gasteiger partial charge in [-0.3, -0.25) is 4.79 Å². The average molecular weight is 262 g/mol. The Morgan fingerprint density at radius 3 is 2.67 bits per heavy atom. The zero-order valence-electron chi connectivity index (χ0n) is 11.0. The van der Waals surface area contributed by atoms with Crippen molar-refractivity contribution in [1.82, 2.24) is 9.47 Å². The molecule has 0 N–H and O–H groups in total. The highest BCUT2D eigenvalue weighted by Crippen LogP contribution is 2.19. The second-order valence-electron chi connectivity index (χ2n) is 4.53. The predicted octanol–water partition coefficient (Wildman–Crippen LogP) is 3.08. The van der Waals surface area contributed by atoms with Crippen molar-refractivity contribution in [3.05, 3.63) is 46.4 Å². The van der Waals surface area contributed by atoms with Gasteiger partial charge < -0.3 is 9.47 Å². The Balaban J connectivity index is 2.03. The van der Waals surface area contributed by atoms with Crippen molar-refractivity contribution in [3.63, 3.8) is 0 Å². The predicted molar refractivity (Wildman–Crippen MR) is 74.7 cm³/mol. The Bertz CT molecular complexity index is 516. The number of carbonyl (C=O) groups is 1. The van der Waals surface area contributed by atoms with Crippen molar-refractivity contribution in [2.75, 3.05) is 7.05 Å². The van der Waals surface area contributed by atoms with Gasteiger partial charge in [0.2, 0.25) is 5.91 Å². The van der Waals surface area contributed by atoms with Crippen molar-refractivity contribution >= 4 is 17.2 Å². The molecule has 0 aliphatic carbocycles. The van der Waals surface area contributed by atoms with Gasteiger partial charge in [0.15, 0.2) is 0 Å². The third-order valence-corrected chi connectivity index (χ3v) is 4.17. The molecule has 0 aliphatic heterocycles. The molecule has 1 amide bonds. The third kappa shape index (κ3) is 2.64. The van der Waals surface area contributed by atoms with E-state index in [1.165, 1.54) is 10.4 Å². The average Bonchev–Trinajstić information content (AvgIpc) is 3.00. The fourth-order valence-electron chi connectivity index (χ4n) is 1.91. The summed E-state index contributed by atoms with van der Waals surface area (Å²) in [6, 6.07) is 5.82. The molecule has 1 unspecified atom stereocenters. The lowest BCUT2D eigenvalue weighted by Gasteiger charge is -2.22. The third-order valence-electron chi connectivity index (χ3n) is 3.16. The van der Waals surface area contributed by atoms with E-state index in [1.54, 1.807) is 16.2 Å². The monoisotopic (exact) mass is 262 g/mol. The number of hydrogen-bond donors (Lipinski definition) is 0. The normalized spacial score (nSPS) is 12.4. The van der Waals surface area contributed by atoms with Gasteiger partial charge in [0.1, 0.15) is 6.04 Å². The summed E-state index contributed by atoms with van der Waals surface area (Å²) in [5.74, 6) is 0.138. The Morgan fingerprint density at radius 2 is 2.11 bits per heavy atom. The fraction of sp³-hybridized carbons (Fsp3) is 0.357. The van der Waals surface area contributed by atoms with Gasteiger partial charge in [-0.15, -0.1) is 11.3 Å². The highest BCUT2D eigenvalue weighted by molar-refractivity contribution is 7.10. The summed E-state index contributed by atoms with van der Waals surface area (Å²) < 4.78 is 1.93. The Morgan fingerprint density at radius 1 is 1.44 bits per heavy atom. The van der Waals surface area contributed by atoms with E-state index >= 15 is 0 Å². The zero-order valence-corrected chi connectivity index (χ0v) is 11.8. The van der Waals surface area contributed by atoms with Crippen molar-refractivity contribution < 1.29 is 4.79 Å². The summed E-state index contributed by atoms with van der Waals surface area (Å²) in [5.41, 5.74) is 1.26. The van der Waals surface area contributed by atoms with Gasteiger partial charge in [-0.2, -0.15) is 0 Å². The summed E-state index contributed by atoms with van der Waals surface area (Å²) >= 11 is 1.70. The van der Waals surface area contributed by atoms with Crippen LogP contribution in [0, 0.1) is 6.92 Å². The van der Waals surface area contributed by atoms with Gasteiger partial charge in [-0.1, -0.05) is 0 Å². The Hall–Kier alpha value is -1.55. The summed E-state index contributed by atoms with van der Waals surface area (Å²) in [6.45, 7) is 4.70. The first kappa shape index (κ1) is 12.9. The molecule has 2 aromatic rings. The van der Waals surface area contributed by atoms with E-state index in [4.69, 9.17) is 0 Å². The van der Waals surface area contributed by atoms with E-state index in [0.717, 1.165) is 0 Å². The van der Waals surface area contributed by atoms with Crippen molar-refractivity contribution in [2.45, 2.75) is 26.4 Å². The van der Waals surface area contributed by atoms with Crippen LogP contribution in [0.1, 0.15) is 23.4 Å². The lowest BCUT2D eigenvalue weighted by molar-refractivity contribution is -0.133. The summed E-state index contributed by atoms with van der Waals surface area (Å²) in [4.78, 5) is 15.3. The standard InChI is InChI=1S/C14H18N2OS/c1-11-6-9-18-13(11)10-15(3)14(17)12(2)16-7-4-5-8-16/h4-9,12H,10H2,1-3H3. The van der Waals surface area contributed by atoms with E-state index in [0.29, 0.717) is 6.54 Å². The van der Waals surface area contributed by atoms with Gasteiger partial charge >= 0.3 is 0 Å². The SMILES string of the molecule is Cc1ccsc1CN(C)C(=O)C(C)n1cccc1. The molecule has 4 heteroatoms. The highest BCUT2D eigenvalue weighted by atomic mass is 32.1. The van der Waals surface area contributed by atoms with Crippen LogP contribution in [0.2, 0.25) is 0 Å². The number of hydrogen-bond acceptors (Lipinski definition) is 2. The summed E-state index contributed by atoms with van der Waals surface area (Å²) in [7, 11) is 1.86. The molecule has 2 heterocycles. The fourth-order valence-corrected chi connectivity index (χ4v) is 2.87. The molecular weight excluding hydrogens is 244 g/mol. The molecule has 2 aromatic heterocycles. The molecule has 0 saturated carbocycles. The van der Waals surface area contributed by atoms with Crippen molar-refractivity contribution in [2.24, 2.45) is 0 Å². The minimum atomic E-state index is -0.148. The summed E-state index contributed by atoms with van der Waals surface area (Å²) in [5, 5.41) is 2.07. The number of thiophene rings is 1. The van der Waals surface area contributed by atoms with Gasteiger partial charge in [0.25, 0.3) is 0 Å². The highest BCUT2D eigenvalue weighted by Gasteiger charge is 2.19. The Kier molecular flexibility index (Phi) is 3.87. The molecule has 96 valence electrons. The maximum atomic E-state index is 12.3. The molecule has 0 spiro atoms. The first-order valence-corrected chi connectivity index (χ1v) is 6.88. The summed E-state index contributed by atoms with van der Waals surface area (Å²) in [6.07, 6.45) is 3.85. The zero-order chi connectivity index (χ0) is 13.1. The maximum Gasteiger partial charge on any atom is 0.245 e. The molecule has 0 fully saturated rings. The molecule has 1 atom stereocenters. The topological polar surface area (TPSA) is 25.2 Å². The first-order chi connectivity index (χ1) is 8.59. The number of rotatable bonds is 4. The minimum absolute atomic E-state index is 0.138. The number of aryl methyl sites for hydroxylation is 1. The largest absolute Gasteiger partial charge is 0.342 e. The molecule has 0 bridgehead atoms. The number of likely N-dealkylation sites (N-methyl/N-ethyl adjacent to an activating group) is 1. The van der Waals surface area contributed by atoms with E-state index in [1.807, 2.05) is 43.1 Å². The van der Waals surface area contributed by atoms with E-state index in [-0.39, 0.29) is 11.9 Å². The second kappa shape index (κ2) is 5.40. The number of aromatic nitrogens is 1. The first-order valence-electron chi connectivity index (χ1n) is 6.00. The Labute approximate surface area is 112 Å². The second-order valence-corrected chi connectivity index (χ2v) is 5.53.